The van der Waals surface area contributed by atoms with Gasteiger partial charge in [-0.1, -0.05) is 232 Å². The molecule has 0 fully saturated rings. The molecule has 0 aliphatic carbocycles. The van der Waals surface area contributed by atoms with Crippen LogP contribution in [0.25, 0.3) is 57.7 Å². The molecule has 296 valence electrons. The molecular weight excluding hydrogens is 739 g/mol. The van der Waals surface area contributed by atoms with Crippen LogP contribution in [0.2, 0.25) is 0 Å². The summed E-state index contributed by atoms with van der Waals surface area (Å²) in [7, 11) is 0. The van der Waals surface area contributed by atoms with Crippen LogP contribution in [0.15, 0.2) is 235 Å². The fraction of sp³-hybridized carbons (Fsp3) is 0.0508. The van der Waals surface area contributed by atoms with Crippen LogP contribution in [0.4, 0.5) is 0 Å². The molecule has 7 aromatic carbocycles. The van der Waals surface area contributed by atoms with Crippen molar-refractivity contribution in [2.75, 3.05) is 0 Å². The summed E-state index contributed by atoms with van der Waals surface area (Å²) in [5, 5.41) is 1.77. The van der Waals surface area contributed by atoms with Crippen molar-refractivity contribution in [3.8, 4) is 22.3 Å². The second-order valence-electron chi connectivity index (χ2n) is 15.2. The summed E-state index contributed by atoms with van der Waals surface area (Å²) < 4.78 is 6.32. The van der Waals surface area contributed by atoms with E-state index < -0.39 is 0 Å². The van der Waals surface area contributed by atoms with Crippen LogP contribution in [-0.4, -0.2) is 0 Å². The summed E-state index contributed by atoms with van der Waals surface area (Å²) in [6.45, 7) is 8.40. The van der Waals surface area contributed by atoms with Gasteiger partial charge in [0.05, 0.1) is 0 Å². The Kier molecular flexibility index (Phi) is 12.7. The Labute approximate surface area is 359 Å². The van der Waals surface area contributed by atoms with Crippen LogP contribution >= 0.6 is 0 Å². The molecule has 8 rings (SSSR count). The molecule has 0 bridgehead atoms. The predicted octanol–water partition coefficient (Wildman–Crippen LogP) is 13.3. The van der Waals surface area contributed by atoms with Crippen molar-refractivity contribution in [1.82, 2.24) is 0 Å². The van der Waals surface area contributed by atoms with Gasteiger partial charge < -0.3 is 10.2 Å². The molecule has 0 saturated heterocycles. The van der Waals surface area contributed by atoms with E-state index in [0.29, 0.717) is 5.42 Å². The molecule has 0 saturated carbocycles. The van der Waals surface area contributed by atoms with E-state index in [1.165, 1.54) is 33.4 Å². The summed E-state index contributed by atoms with van der Waals surface area (Å²) in [5.74, 6) is 0.0282. The van der Waals surface area contributed by atoms with E-state index >= 15 is 0 Å². The Morgan fingerprint density at radius 1 is 0.541 bits per heavy atom. The van der Waals surface area contributed by atoms with Crippen molar-refractivity contribution in [2.24, 2.45) is 5.73 Å². The summed E-state index contributed by atoms with van der Waals surface area (Å²) in [6, 6.07) is 63.6. The lowest BCUT2D eigenvalue weighted by Gasteiger charge is -2.16. The molecule has 0 amide bonds. The maximum Gasteiger partial charge on any atom is 0.143 e. The summed E-state index contributed by atoms with van der Waals surface area (Å²) >= 11 is 0. The van der Waals surface area contributed by atoms with Crippen LogP contribution in [0.1, 0.15) is 39.3 Å². The van der Waals surface area contributed by atoms with Gasteiger partial charge in [-0.25, -0.2) is 0 Å². The number of hydrogen-bond acceptors (Lipinski definition) is 2. The van der Waals surface area contributed by atoms with Gasteiger partial charge in [-0.3, -0.25) is 0 Å². The number of fused-ring (bicyclic) bond motifs is 1. The molecular formula is C59H49NO. The van der Waals surface area contributed by atoms with Crippen LogP contribution < -0.4 is 16.4 Å². The van der Waals surface area contributed by atoms with Crippen LogP contribution in [0.5, 0.6) is 0 Å². The first-order valence-electron chi connectivity index (χ1n) is 20.8. The third-order valence-corrected chi connectivity index (χ3v) is 11.1. The first-order chi connectivity index (χ1) is 30.0. The van der Waals surface area contributed by atoms with Gasteiger partial charge in [-0.15, -0.1) is 0 Å². The highest BCUT2D eigenvalue weighted by Crippen LogP contribution is 2.38. The zero-order chi connectivity index (χ0) is 41.8. The number of nitrogens with two attached hydrogens (primary N) is 1. The highest BCUT2D eigenvalue weighted by Gasteiger charge is 2.17. The van der Waals surface area contributed by atoms with Gasteiger partial charge in [0.15, 0.2) is 0 Å². The topological polar surface area (TPSA) is 39.2 Å². The summed E-state index contributed by atoms with van der Waals surface area (Å²) in [5.41, 5.74) is 21.4. The number of allylic oxidation sites excluding steroid dienone is 9. The van der Waals surface area contributed by atoms with Crippen molar-refractivity contribution < 1.29 is 4.42 Å². The van der Waals surface area contributed by atoms with Gasteiger partial charge in [0.1, 0.15) is 11.0 Å². The molecule has 8 aromatic rings. The third-order valence-electron chi connectivity index (χ3n) is 11.1. The van der Waals surface area contributed by atoms with Gasteiger partial charge in [-0.05, 0) is 80.6 Å². The fourth-order valence-electron chi connectivity index (χ4n) is 7.74. The van der Waals surface area contributed by atoms with E-state index in [2.05, 4.69) is 232 Å². The van der Waals surface area contributed by atoms with E-state index in [1.807, 2.05) is 12.1 Å². The minimum Gasteiger partial charge on any atom is -0.456 e. The predicted molar refractivity (Wildman–Crippen MR) is 260 cm³/mol. The number of furan rings is 1. The van der Waals surface area contributed by atoms with Gasteiger partial charge in [-0.2, -0.15) is 0 Å². The minimum atomic E-state index is 0.0282. The molecule has 61 heavy (non-hydrogen) atoms. The first kappa shape index (κ1) is 40.1. The SMILES string of the molecule is C=c1oc2c(-c3ccc(/C(N)=C/C(c4ccccc4)c4ccccc4)cc3)c(-c3ccc(C\C=C/C=C/C=C\C(=C/Cc4ccccc4)c4ccccc4)cc3)ccc2c1=C. The Hall–Kier alpha value is -7.68. The second-order valence-corrected chi connectivity index (χ2v) is 15.2. The lowest BCUT2D eigenvalue weighted by molar-refractivity contribution is 0.578. The Morgan fingerprint density at radius 2 is 1.11 bits per heavy atom. The lowest BCUT2D eigenvalue weighted by Crippen LogP contribution is -2.15. The second kappa shape index (κ2) is 19.4. The molecule has 1 aromatic heterocycles. The van der Waals surface area contributed by atoms with Crippen molar-refractivity contribution in [3.63, 3.8) is 0 Å². The molecule has 0 aliphatic heterocycles. The third kappa shape index (κ3) is 9.79. The lowest BCUT2D eigenvalue weighted by atomic mass is 9.89. The zero-order valence-corrected chi connectivity index (χ0v) is 34.3. The highest BCUT2D eigenvalue weighted by molar-refractivity contribution is 6.01. The normalized spacial score (nSPS) is 12.4. The smallest absolute Gasteiger partial charge is 0.143 e. The van der Waals surface area contributed by atoms with E-state index in [-0.39, 0.29) is 5.92 Å². The summed E-state index contributed by atoms with van der Waals surface area (Å²) in [4.78, 5) is 0. The molecule has 0 aliphatic rings. The van der Waals surface area contributed by atoms with E-state index in [0.717, 1.165) is 62.5 Å². The molecule has 2 nitrogen and oxygen atoms in total. The molecule has 0 spiro atoms. The number of hydrogen-bond donors (Lipinski definition) is 1. The number of rotatable bonds is 14. The largest absolute Gasteiger partial charge is 0.456 e. The summed E-state index contributed by atoms with van der Waals surface area (Å²) in [6.07, 6.45) is 18.9. The van der Waals surface area contributed by atoms with E-state index in [4.69, 9.17) is 10.2 Å². The van der Waals surface area contributed by atoms with E-state index in [9.17, 15) is 0 Å². The minimum absolute atomic E-state index is 0.0282. The first-order valence-corrected chi connectivity index (χ1v) is 20.8. The van der Waals surface area contributed by atoms with Gasteiger partial charge in [0.25, 0.3) is 0 Å². The average Bonchev–Trinajstić information content (AvgIpc) is 3.61. The van der Waals surface area contributed by atoms with Crippen molar-refractivity contribution in [1.29, 1.82) is 0 Å². The standard InChI is InChI=1S/C59H49NO/c1-43-44(2)61-59-54(43)40-41-55(58(59)53-38-36-52(37-39-53)57(60)42-56(49-26-16-8-17-27-49)50-28-18-9-19-29-50)51-34-31-46(32-35-51)22-10-4-3-5-13-25-48(47-23-14-7-15-24-47)33-30-45-20-11-6-12-21-45/h3-21,23-29,31-42,56H,1-2,22,30,60H2/b5-3+,10-4-,25-13-,48-33+,57-42-. The van der Waals surface area contributed by atoms with Gasteiger partial charge >= 0.3 is 0 Å². The zero-order valence-electron chi connectivity index (χ0n) is 34.3. The van der Waals surface area contributed by atoms with Crippen LogP contribution in [-0.2, 0) is 12.8 Å². The molecule has 2 heteroatoms. The van der Waals surface area contributed by atoms with Crippen molar-refractivity contribution in [3.05, 3.63) is 275 Å². The van der Waals surface area contributed by atoms with Gasteiger partial charge in [0.2, 0.25) is 0 Å². The molecule has 0 radical (unpaired) electrons. The molecule has 0 unspecified atom stereocenters. The average molecular weight is 788 g/mol. The molecule has 2 N–H and O–H groups in total. The highest BCUT2D eigenvalue weighted by atomic mass is 16.3. The Morgan fingerprint density at radius 3 is 1.77 bits per heavy atom. The number of benzene rings is 7. The Balaban J connectivity index is 0.992. The molecule has 1 heterocycles. The quantitative estimate of drug-likeness (QED) is 0.112. The van der Waals surface area contributed by atoms with Crippen molar-refractivity contribution in [2.45, 2.75) is 18.8 Å². The monoisotopic (exact) mass is 787 g/mol. The maximum atomic E-state index is 6.84. The molecule has 0 atom stereocenters. The van der Waals surface area contributed by atoms with E-state index in [1.54, 1.807) is 0 Å². The van der Waals surface area contributed by atoms with Crippen LogP contribution in [0.3, 0.4) is 0 Å². The van der Waals surface area contributed by atoms with Gasteiger partial charge in [0, 0.05) is 27.8 Å². The van der Waals surface area contributed by atoms with Crippen molar-refractivity contribution >= 4 is 35.4 Å². The van der Waals surface area contributed by atoms with Crippen LogP contribution in [0, 0.1) is 0 Å². The Bertz CT molecular complexity index is 2910. The fourth-order valence-corrected chi connectivity index (χ4v) is 7.74. The maximum absolute atomic E-state index is 6.84.